The van der Waals surface area contributed by atoms with E-state index in [4.69, 9.17) is 5.73 Å². The minimum absolute atomic E-state index is 0.240. The van der Waals surface area contributed by atoms with Crippen LogP contribution in [-0.4, -0.2) is 10.9 Å². The van der Waals surface area contributed by atoms with Crippen LogP contribution >= 0.6 is 15.9 Å². The van der Waals surface area contributed by atoms with E-state index in [1.807, 2.05) is 18.2 Å². The summed E-state index contributed by atoms with van der Waals surface area (Å²) >= 11 is 3.31. The first kappa shape index (κ1) is 13.3. The first-order valence-corrected chi connectivity index (χ1v) is 6.39. The molecule has 0 saturated heterocycles. The van der Waals surface area contributed by atoms with Crippen LogP contribution in [0.5, 0.6) is 0 Å². The van der Waals surface area contributed by atoms with E-state index in [1.54, 1.807) is 30.5 Å². The van der Waals surface area contributed by atoms with E-state index in [0.717, 1.165) is 10.0 Å². The molecular weight excluding hydrogens is 306 g/mol. The number of amides is 1. The maximum atomic E-state index is 11.7. The van der Waals surface area contributed by atoms with Gasteiger partial charge in [0.05, 0.1) is 4.47 Å². The molecule has 5 heteroatoms. The molecule has 96 valence electrons. The van der Waals surface area contributed by atoms with Crippen molar-refractivity contribution in [2.75, 3.05) is 11.1 Å². The molecule has 4 nitrogen and oxygen atoms in total. The molecule has 0 fully saturated rings. The number of carbonyl (C=O) groups is 1. The Morgan fingerprint density at radius 1 is 1.26 bits per heavy atom. The van der Waals surface area contributed by atoms with Crippen LogP contribution in [0, 0.1) is 0 Å². The summed E-state index contributed by atoms with van der Waals surface area (Å²) in [7, 11) is 0. The van der Waals surface area contributed by atoms with Gasteiger partial charge in [-0.3, -0.25) is 4.79 Å². The van der Waals surface area contributed by atoms with Crippen molar-refractivity contribution in [3.05, 3.63) is 58.7 Å². The van der Waals surface area contributed by atoms with Gasteiger partial charge in [0.25, 0.3) is 0 Å². The molecule has 1 amide bonds. The smallest absolute Gasteiger partial charge is 0.249 e. The second kappa shape index (κ2) is 6.15. The number of hydrogen-bond donors (Lipinski definition) is 2. The Bertz CT molecular complexity index is 608. The average Bonchev–Trinajstić information content (AvgIpc) is 2.41. The molecule has 2 rings (SSSR count). The number of benzene rings is 1. The molecule has 1 heterocycles. The summed E-state index contributed by atoms with van der Waals surface area (Å²) in [5.74, 6) is 0.255. The number of rotatable bonds is 3. The largest absolute Gasteiger partial charge is 0.399 e. The summed E-state index contributed by atoms with van der Waals surface area (Å²) in [6, 6.07) is 10.8. The first-order valence-electron chi connectivity index (χ1n) is 5.60. The fraction of sp³-hybridized carbons (Fsp3) is 0. The van der Waals surface area contributed by atoms with Gasteiger partial charge in [-0.2, -0.15) is 0 Å². The van der Waals surface area contributed by atoms with Crippen molar-refractivity contribution < 1.29 is 4.79 Å². The molecule has 0 atom stereocenters. The maximum absolute atomic E-state index is 11.7. The first-order chi connectivity index (χ1) is 9.15. The predicted molar refractivity (Wildman–Crippen MR) is 80.5 cm³/mol. The Balaban J connectivity index is 2.02. The maximum Gasteiger partial charge on any atom is 0.249 e. The van der Waals surface area contributed by atoms with Crippen LogP contribution in [0.3, 0.4) is 0 Å². The number of halogens is 1. The second-order valence-electron chi connectivity index (χ2n) is 3.82. The van der Waals surface area contributed by atoms with Crippen LogP contribution in [0.4, 0.5) is 11.5 Å². The van der Waals surface area contributed by atoms with Crippen molar-refractivity contribution in [3.63, 3.8) is 0 Å². The third-order valence-electron chi connectivity index (χ3n) is 2.36. The lowest BCUT2D eigenvalue weighted by Crippen LogP contribution is -2.09. The van der Waals surface area contributed by atoms with Gasteiger partial charge in [0.1, 0.15) is 5.82 Å². The second-order valence-corrected chi connectivity index (χ2v) is 4.68. The lowest BCUT2D eigenvalue weighted by molar-refractivity contribution is -0.111. The molecule has 1 aromatic carbocycles. The monoisotopic (exact) mass is 317 g/mol. The van der Waals surface area contributed by atoms with Crippen LogP contribution < -0.4 is 11.1 Å². The predicted octanol–water partition coefficient (Wildman–Crippen LogP) is 3.08. The van der Waals surface area contributed by atoms with E-state index in [9.17, 15) is 4.79 Å². The van der Waals surface area contributed by atoms with Gasteiger partial charge < -0.3 is 11.1 Å². The van der Waals surface area contributed by atoms with Crippen molar-refractivity contribution in [2.24, 2.45) is 0 Å². The molecule has 0 unspecified atom stereocenters. The normalized spacial score (nSPS) is 10.6. The molecule has 0 saturated carbocycles. The number of nitrogens with two attached hydrogens (primary N) is 1. The molecule has 0 bridgehead atoms. The molecular formula is C14H12BrN3O. The van der Waals surface area contributed by atoms with Gasteiger partial charge >= 0.3 is 0 Å². The number of carbonyl (C=O) groups excluding carboxylic acids is 1. The van der Waals surface area contributed by atoms with Crippen molar-refractivity contribution in [3.8, 4) is 0 Å². The van der Waals surface area contributed by atoms with E-state index < -0.39 is 0 Å². The summed E-state index contributed by atoms with van der Waals surface area (Å²) in [6.45, 7) is 0. The third kappa shape index (κ3) is 3.93. The summed E-state index contributed by atoms with van der Waals surface area (Å²) < 4.78 is 0.740. The molecule has 0 radical (unpaired) electrons. The zero-order valence-corrected chi connectivity index (χ0v) is 11.6. The Morgan fingerprint density at radius 3 is 2.68 bits per heavy atom. The molecule has 1 aromatic heterocycles. The summed E-state index contributed by atoms with van der Waals surface area (Å²) in [6.07, 6.45) is 4.78. The van der Waals surface area contributed by atoms with Crippen LogP contribution in [0.15, 0.2) is 53.1 Å². The number of nitrogen functional groups attached to an aromatic ring is 1. The Kier molecular flexibility index (Phi) is 4.30. The molecule has 19 heavy (non-hydrogen) atoms. The molecule has 2 aromatic rings. The summed E-state index contributed by atoms with van der Waals surface area (Å²) in [5.41, 5.74) is 7.19. The van der Waals surface area contributed by atoms with E-state index >= 15 is 0 Å². The van der Waals surface area contributed by atoms with Crippen LogP contribution in [0.2, 0.25) is 0 Å². The van der Waals surface area contributed by atoms with Gasteiger partial charge in [-0.05, 0) is 51.8 Å². The number of nitrogens with one attached hydrogen (secondary N) is 1. The Hall–Kier alpha value is -2.14. The summed E-state index contributed by atoms with van der Waals surface area (Å²) in [5, 5.41) is 2.68. The van der Waals surface area contributed by atoms with Crippen molar-refractivity contribution in [1.82, 2.24) is 4.98 Å². The zero-order chi connectivity index (χ0) is 13.7. The van der Waals surface area contributed by atoms with Gasteiger partial charge in [0.15, 0.2) is 0 Å². The minimum Gasteiger partial charge on any atom is -0.399 e. The summed E-state index contributed by atoms with van der Waals surface area (Å²) in [4.78, 5) is 15.8. The van der Waals surface area contributed by atoms with E-state index in [-0.39, 0.29) is 5.91 Å². The molecule has 0 aliphatic heterocycles. The highest BCUT2D eigenvalue weighted by molar-refractivity contribution is 9.10. The zero-order valence-electron chi connectivity index (χ0n) is 10.0. The molecule has 0 aliphatic rings. The standard InChI is InChI=1S/C14H12BrN3O/c15-12-2-1-9-17-14(12)18-13(19)8-5-10-3-6-11(16)7-4-10/h1-9H,16H2,(H,17,18,19)/b8-5+. The van der Waals surface area contributed by atoms with Crippen molar-refractivity contribution in [2.45, 2.75) is 0 Å². The van der Waals surface area contributed by atoms with E-state index in [1.165, 1.54) is 6.08 Å². The topological polar surface area (TPSA) is 68.0 Å². The number of aromatic nitrogens is 1. The number of hydrogen-bond acceptors (Lipinski definition) is 3. The molecule has 0 spiro atoms. The fourth-order valence-electron chi connectivity index (χ4n) is 1.42. The third-order valence-corrected chi connectivity index (χ3v) is 3.00. The SMILES string of the molecule is Nc1ccc(/C=C/C(=O)Nc2ncccc2Br)cc1. The van der Waals surface area contributed by atoms with Gasteiger partial charge in [-0.25, -0.2) is 4.98 Å². The highest BCUT2D eigenvalue weighted by Crippen LogP contribution is 2.18. The van der Waals surface area contributed by atoms with Crippen LogP contribution in [0.25, 0.3) is 6.08 Å². The molecule has 0 aliphatic carbocycles. The highest BCUT2D eigenvalue weighted by atomic mass is 79.9. The minimum atomic E-state index is -0.240. The van der Waals surface area contributed by atoms with Gasteiger partial charge in [0, 0.05) is 18.0 Å². The lowest BCUT2D eigenvalue weighted by atomic mass is 10.2. The fourth-order valence-corrected chi connectivity index (χ4v) is 1.77. The number of pyridine rings is 1. The number of nitrogens with zero attached hydrogens (tertiary/aromatic N) is 1. The Morgan fingerprint density at radius 2 is 2.00 bits per heavy atom. The van der Waals surface area contributed by atoms with Gasteiger partial charge in [0.2, 0.25) is 5.91 Å². The average molecular weight is 318 g/mol. The lowest BCUT2D eigenvalue weighted by Gasteiger charge is -2.02. The Labute approximate surface area is 119 Å². The van der Waals surface area contributed by atoms with Crippen molar-refractivity contribution >= 4 is 39.4 Å². The number of anilines is 2. The van der Waals surface area contributed by atoms with E-state index in [0.29, 0.717) is 11.5 Å². The quantitative estimate of drug-likeness (QED) is 0.675. The molecule has 3 N–H and O–H groups in total. The van der Waals surface area contributed by atoms with Crippen LogP contribution in [0.1, 0.15) is 5.56 Å². The van der Waals surface area contributed by atoms with Gasteiger partial charge in [-0.1, -0.05) is 12.1 Å². The highest BCUT2D eigenvalue weighted by Gasteiger charge is 2.02. The van der Waals surface area contributed by atoms with Crippen molar-refractivity contribution in [1.29, 1.82) is 0 Å². The van der Waals surface area contributed by atoms with Gasteiger partial charge in [-0.15, -0.1) is 0 Å². The van der Waals surface area contributed by atoms with Crippen LogP contribution in [-0.2, 0) is 4.79 Å². The van der Waals surface area contributed by atoms with E-state index in [2.05, 4.69) is 26.2 Å².